The van der Waals surface area contributed by atoms with E-state index in [9.17, 15) is 13.0 Å². The van der Waals surface area contributed by atoms with Crippen molar-refractivity contribution in [3.05, 3.63) is 28.8 Å². The molecular weight excluding hydrogens is 267 g/mol. The van der Waals surface area contributed by atoms with Crippen molar-refractivity contribution in [2.75, 3.05) is 0 Å². The Morgan fingerprint density at radius 1 is 1.17 bits per heavy atom. The summed E-state index contributed by atoms with van der Waals surface area (Å²) in [7, 11) is -1.34. The second-order valence-corrected chi connectivity index (χ2v) is 7.27. The average Bonchev–Trinajstić information content (AvgIpc) is 2.26. The molecule has 0 saturated heterocycles. The fraction of sp³-hybridized carbons (Fsp3) is 0.538. The van der Waals surface area contributed by atoms with Crippen LogP contribution in [0.1, 0.15) is 43.4 Å². The third kappa shape index (κ3) is 2.93. The zero-order chi connectivity index (χ0) is 14.1. The SMILES string of the molecule is CCC(P)(CC)c1cc(S(=O)(=O)O)c(C)cc1C. The van der Waals surface area contributed by atoms with Gasteiger partial charge in [-0.25, -0.2) is 0 Å². The molecular formula is C13H21O3PS. The highest BCUT2D eigenvalue weighted by Crippen LogP contribution is 2.41. The van der Waals surface area contributed by atoms with Crippen molar-refractivity contribution in [3.63, 3.8) is 0 Å². The zero-order valence-electron chi connectivity index (χ0n) is 11.3. The van der Waals surface area contributed by atoms with Gasteiger partial charge in [0.15, 0.2) is 0 Å². The van der Waals surface area contributed by atoms with E-state index in [0.29, 0.717) is 5.56 Å². The molecule has 1 aromatic carbocycles. The first-order chi connectivity index (χ1) is 8.15. The van der Waals surface area contributed by atoms with E-state index in [2.05, 4.69) is 23.1 Å². The van der Waals surface area contributed by atoms with Crippen LogP contribution in [0.15, 0.2) is 17.0 Å². The van der Waals surface area contributed by atoms with E-state index < -0.39 is 10.1 Å². The first-order valence-electron chi connectivity index (χ1n) is 6.03. The highest BCUT2D eigenvalue weighted by atomic mass is 32.2. The summed E-state index contributed by atoms with van der Waals surface area (Å²) in [6, 6.07) is 3.43. The molecule has 0 aliphatic heterocycles. The van der Waals surface area contributed by atoms with Gasteiger partial charge in [0.05, 0.1) is 4.90 Å². The summed E-state index contributed by atoms with van der Waals surface area (Å²) in [5.74, 6) is 0. The Morgan fingerprint density at radius 2 is 1.67 bits per heavy atom. The van der Waals surface area contributed by atoms with Crippen molar-refractivity contribution in [1.29, 1.82) is 0 Å². The maximum Gasteiger partial charge on any atom is 0.294 e. The summed E-state index contributed by atoms with van der Waals surface area (Å²) in [6.07, 6.45) is 1.78. The van der Waals surface area contributed by atoms with Gasteiger partial charge in [0, 0.05) is 5.16 Å². The molecule has 0 saturated carbocycles. The van der Waals surface area contributed by atoms with Crippen LogP contribution in [-0.2, 0) is 15.3 Å². The van der Waals surface area contributed by atoms with Gasteiger partial charge in [0.25, 0.3) is 10.1 Å². The molecule has 0 bridgehead atoms. The molecule has 0 aliphatic rings. The number of aryl methyl sites for hydroxylation is 2. The van der Waals surface area contributed by atoms with Gasteiger partial charge in [-0.2, -0.15) is 8.42 Å². The largest absolute Gasteiger partial charge is 0.294 e. The molecule has 1 rings (SSSR count). The summed E-state index contributed by atoms with van der Waals surface area (Å²) in [4.78, 5) is 0.0109. The van der Waals surface area contributed by atoms with Gasteiger partial charge >= 0.3 is 0 Å². The summed E-state index contributed by atoms with van der Waals surface area (Å²) in [5, 5.41) is -0.142. The van der Waals surface area contributed by atoms with Crippen molar-refractivity contribution < 1.29 is 13.0 Å². The molecule has 1 unspecified atom stereocenters. The summed E-state index contributed by atoms with van der Waals surface area (Å²) in [6.45, 7) is 7.81. The minimum atomic E-state index is -4.16. The standard InChI is InChI=1S/C13H21O3PS/c1-5-13(17,6-2)11-8-12(18(14,15)16)10(4)7-9(11)3/h7-8H,5-6,17H2,1-4H3,(H,14,15,16). The molecule has 1 aromatic rings. The first kappa shape index (κ1) is 15.6. The lowest BCUT2D eigenvalue weighted by Crippen LogP contribution is -2.18. The molecule has 1 N–H and O–H groups in total. The van der Waals surface area contributed by atoms with Gasteiger partial charge in [-0.3, -0.25) is 4.55 Å². The highest BCUT2D eigenvalue weighted by molar-refractivity contribution is 7.85. The van der Waals surface area contributed by atoms with E-state index in [1.165, 1.54) is 0 Å². The van der Waals surface area contributed by atoms with E-state index in [1.54, 1.807) is 13.0 Å². The fourth-order valence-electron chi connectivity index (χ4n) is 2.28. The summed E-state index contributed by atoms with van der Waals surface area (Å²) in [5.41, 5.74) is 2.60. The minimum Gasteiger partial charge on any atom is -0.282 e. The Hall–Kier alpha value is -0.440. The van der Waals surface area contributed by atoms with E-state index in [1.807, 2.05) is 13.0 Å². The van der Waals surface area contributed by atoms with Gasteiger partial charge in [-0.05, 0) is 49.4 Å². The maximum atomic E-state index is 11.4. The minimum absolute atomic E-state index is 0.0109. The second-order valence-electron chi connectivity index (χ2n) is 4.77. The lowest BCUT2D eigenvalue weighted by atomic mass is 9.88. The van der Waals surface area contributed by atoms with Crippen LogP contribution in [0.3, 0.4) is 0 Å². The lowest BCUT2D eigenvalue weighted by Gasteiger charge is -2.29. The van der Waals surface area contributed by atoms with Crippen LogP contribution in [0.2, 0.25) is 0 Å². The molecule has 1 atom stereocenters. The maximum absolute atomic E-state index is 11.4. The van der Waals surface area contributed by atoms with Crippen LogP contribution in [0, 0.1) is 13.8 Å². The van der Waals surface area contributed by atoms with Crippen LogP contribution in [0.25, 0.3) is 0 Å². The molecule has 0 spiro atoms. The molecule has 18 heavy (non-hydrogen) atoms. The van der Waals surface area contributed by atoms with Crippen molar-refractivity contribution in [2.24, 2.45) is 0 Å². The third-order valence-electron chi connectivity index (χ3n) is 3.60. The smallest absolute Gasteiger partial charge is 0.282 e. The van der Waals surface area contributed by atoms with Crippen molar-refractivity contribution >= 4 is 19.4 Å². The van der Waals surface area contributed by atoms with Gasteiger partial charge in [0.2, 0.25) is 0 Å². The Morgan fingerprint density at radius 3 is 2.06 bits per heavy atom. The molecule has 0 aliphatic carbocycles. The number of rotatable bonds is 4. The second kappa shape index (κ2) is 5.28. The predicted molar refractivity (Wildman–Crippen MR) is 77.7 cm³/mol. The first-order valence-corrected chi connectivity index (χ1v) is 8.05. The molecule has 0 amide bonds. The van der Waals surface area contributed by atoms with Gasteiger partial charge in [-0.1, -0.05) is 19.9 Å². The van der Waals surface area contributed by atoms with Crippen LogP contribution >= 0.6 is 9.24 Å². The normalized spacial score (nSPS) is 12.8. The molecule has 0 heterocycles. The van der Waals surface area contributed by atoms with Crippen LogP contribution in [0.4, 0.5) is 0 Å². The number of hydrogen-bond acceptors (Lipinski definition) is 2. The Bertz CT molecular complexity index is 546. The topological polar surface area (TPSA) is 54.4 Å². The molecule has 0 radical (unpaired) electrons. The van der Waals surface area contributed by atoms with Crippen LogP contribution in [0.5, 0.6) is 0 Å². The van der Waals surface area contributed by atoms with Crippen molar-refractivity contribution in [1.82, 2.24) is 0 Å². The molecule has 0 aromatic heterocycles. The van der Waals surface area contributed by atoms with E-state index in [-0.39, 0.29) is 10.1 Å². The molecule has 3 nitrogen and oxygen atoms in total. The quantitative estimate of drug-likeness (QED) is 0.682. The average molecular weight is 288 g/mol. The molecule has 102 valence electrons. The van der Waals surface area contributed by atoms with Gasteiger partial charge in [0.1, 0.15) is 0 Å². The Labute approximate surface area is 112 Å². The fourth-order valence-corrected chi connectivity index (χ4v) is 3.32. The summed E-state index contributed by atoms with van der Waals surface area (Å²) < 4.78 is 32.0. The zero-order valence-corrected chi connectivity index (χ0v) is 13.3. The van der Waals surface area contributed by atoms with Gasteiger partial charge < -0.3 is 0 Å². The van der Waals surface area contributed by atoms with E-state index >= 15 is 0 Å². The van der Waals surface area contributed by atoms with E-state index in [4.69, 9.17) is 0 Å². The van der Waals surface area contributed by atoms with E-state index in [0.717, 1.165) is 24.0 Å². The molecule has 5 heteroatoms. The number of hydrogen-bond donors (Lipinski definition) is 1. The third-order valence-corrected chi connectivity index (χ3v) is 5.72. The van der Waals surface area contributed by atoms with Crippen molar-refractivity contribution in [3.8, 4) is 0 Å². The lowest BCUT2D eigenvalue weighted by molar-refractivity contribution is 0.482. The van der Waals surface area contributed by atoms with Crippen LogP contribution in [-0.4, -0.2) is 13.0 Å². The number of benzene rings is 1. The van der Waals surface area contributed by atoms with Gasteiger partial charge in [-0.15, -0.1) is 9.24 Å². The monoisotopic (exact) mass is 288 g/mol. The molecule has 0 fully saturated rings. The predicted octanol–water partition coefficient (Wildman–Crippen LogP) is 3.44. The Kier molecular flexibility index (Phi) is 4.58. The van der Waals surface area contributed by atoms with Crippen LogP contribution < -0.4 is 0 Å². The summed E-state index contributed by atoms with van der Waals surface area (Å²) >= 11 is 0. The van der Waals surface area contributed by atoms with Crippen molar-refractivity contribution in [2.45, 2.75) is 50.6 Å². The Balaban J connectivity index is 3.57. The highest BCUT2D eigenvalue weighted by Gasteiger charge is 2.27.